The summed E-state index contributed by atoms with van der Waals surface area (Å²) in [4.78, 5) is 18.6. The second-order valence-corrected chi connectivity index (χ2v) is 9.35. The Labute approximate surface area is 149 Å². The van der Waals surface area contributed by atoms with Crippen LogP contribution in [0, 0.1) is 13.8 Å². The highest BCUT2D eigenvalue weighted by atomic mass is 32.1. The molecule has 0 bridgehead atoms. The molecule has 0 saturated heterocycles. The van der Waals surface area contributed by atoms with Gasteiger partial charge in [0.25, 0.3) is 5.91 Å². The van der Waals surface area contributed by atoms with Crippen molar-refractivity contribution < 1.29 is 4.79 Å². The Bertz CT molecular complexity index is 762. The summed E-state index contributed by atoms with van der Waals surface area (Å²) in [5, 5.41) is 8.40. The number of hydrogen-bond acceptors (Lipinski definition) is 6. The summed E-state index contributed by atoms with van der Waals surface area (Å²) in [7, 11) is 0. The maximum Gasteiger partial charge on any atom is 0.266 e. The number of nitrogens with zero attached hydrogens (tertiary/aromatic N) is 1. The first-order chi connectivity index (χ1) is 11.5. The number of carbonyl (C=O) groups excluding carboxylic acids is 1. The molecular formula is C17H22N4OS2. The maximum absolute atomic E-state index is 12.4. The summed E-state index contributed by atoms with van der Waals surface area (Å²) in [5.41, 5.74) is 7.18. The third kappa shape index (κ3) is 3.26. The number of thiazole rings is 1. The standard InChI is InChI=1S/C17H22N4OS2/c1-8-12(13-5-14(13)20-11-3-10(18)4-11)6-15(23-8)17(22)21-16-7-19-9(2)24-16/h6-7,10-11,13-14,20H,3-5,18H2,1-2H3,(H,21,22). The van der Waals surface area contributed by atoms with E-state index in [1.807, 2.05) is 6.92 Å². The van der Waals surface area contributed by atoms with Crippen LogP contribution in [0.4, 0.5) is 5.00 Å². The minimum absolute atomic E-state index is 0.0341. The van der Waals surface area contributed by atoms with Gasteiger partial charge in [0.2, 0.25) is 0 Å². The summed E-state index contributed by atoms with van der Waals surface area (Å²) in [5.74, 6) is 0.512. The van der Waals surface area contributed by atoms with Gasteiger partial charge in [-0.1, -0.05) is 0 Å². The summed E-state index contributed by atoms with van der Waals surface area (Å²) in [6.45, 7) is 4.05. The van der Waals surface area contributed by atoms with E-state index >= 15 is 0 Å². The number of nitrogens with two attached hydrogens (primary N) is 1. The number of thiophene rings is 1. The van der Waals surface area contributed by atoms with Crippen molar-refractivity contribution in [3.63, 3.8) is 0 Å². The smallest absolute Gasteiger partial charge is 0.266 e. The van der Waals surface area contributed by atoms with Crippen molar-refractivity contribution in [3.05, 3.63) is 32.6 Å². The molecule has 128 valence electrons. The lowest BCUT2D eigenvalue weighted by Gasteiger charge is -2.33. The number of amides is 1. The fourth-order valence-electron chi connectivity index (χ4n) is 3.39. The predicted molar refractivity (Wildman–Crippen MR) is 99.1 cm³/mol. The number of aryl methyl sites for hydroxylation is 2. The number of anilines is 1. The van der Waals surface area contributed by atoms with Gasteiger partial charge in [-0.05, 0) is 44.7 Å². The van der Waals surface area contributed by atoms with Crippen molar-refractivity contribution in [2.24, 2.45) is 5.73 Å². The number of aromatic nitrogens is 1. The van der Waals surface area contributed by atoms with E-state index in [2.05, 4.69) is 28.6 Å². The molecule has 2 fully saturated rings. The molecule has 2 saturated carbocycles. The van der Waals surface area contributed by atoms with E-state index in [0.717, 1.165) is 27.7 Å². The Morgan fingerprint density at radius 2 is 2.08 bits per heavy atom. The Balaban J connectivity index is 1.38. The zero-order chi connectivity index (χ0) is 16.8. The number of hydrogen-bond donors (Lipinski definition) is 3. The van der Waals surface area contributed by atoms with Gasteiger partial charge >= 0.3 is 0 Å². The molecule has 4 rings (SSSR count). The van der Waals surface area contributed by atoms with E-state index in [1.54, 1.807) is 17.5 Å². The zero-order valence-corrected chi connectivity index (χ0v) is 15.5. The lowest BCUT2D eigenvalue weighted by Crippen LogP contribution is -2.49. The van der Waals surface area contributed by atoms with Gasteiger partial charge in [-0.3, -0.25) is 4.79 Å². The quantitative estimate of drug-likeness (QED) is 0.764. The summed E-state index contributed by atoms with van der Waals surface area (Å²) in [6, 6.07) is 3.60. The molecule has 2 atom stereocenters. The molecule has 5 nitrogen and oxygen atoms in total. The summed E-state index contributed by atoms with van der Waals surface area (Å²) >= 11 is 3.08. The van der Waals surface area contributed by atoms with Crippen molar-refractivity contribution in [2.75, 3.05) is 5.32 Å². The molecule has 0 aromatic carbocycles. The van der Waals surface area contributed by atoms with E-state index < -0.39 is 0 Å². The number of carbonyl (C=O) groups is 1. The van der Waals surface area contributed by atoms with Crippen LogP contribution in [-0.4, -0.2) is 29.0 Å². The highest BCUT2D eigenvalue weighted by Gasteiger charge is 2.42. The Hall–Kier alpha value is -1.28. The molecule has 0 spiro atoms. The Kier molecular flexibility index (Phi) is 4.20. The van der Waals surface area contributed by atoms with Crippen molar-refractivity contribution in [2.45, 2.75) is 57.2 Å². The third-order valence-corrected chi connectivity index (χ3v) is 6.75. The van der Waals surface area contributed by atoms with E-state index in [-0.39, 0.29) is 5.91 Å². The van der Waals surface area contributed by atoms with Crippen LogP contribution in [0.5, 0.6) is 0 Å². The van der Waals surface area contributed by atoms with Crippen LogP contribution >= 0.6 is 22.7 Å². The van der Waals surface area contributed by atoms with Crippen LogP contribution in [0.3, 0.4) is 0 Å². The molecule has 2 aromatic rings. The molecular weight excluding hydrogens is 340 g/mol. The highest BCUT2D eigenvalue weighted by Crippen LogP contribution is 2.45. The molecule has 4 N–H and O–H groups in total. The monoisotopic (exact) mass is 362 g/mol. The number of nitrogens with one attached hydrogen (secondary N) is 2. The molecule has 7 heteroatoms. The Morgan fingerprint density at radius 1 is 1.29 bits per heavy atom. The third-order valence-electron chi connectivity index (χ3n) is 4.85. The molecule has 0 aliphatic heterocycles. The van der Waals surface area contributed by atoms with Gasteiger partial charge in [0.15, 0.2) is 0 Å². The van der Waals surface area contributed by atoms with Crippen LogP contribution in [-0.2, 0) is 0 Å². The molecule has 2 aromatic heterocycles. The van der Waals surface area contributed by atoms with E-state index in [0.29, 0.717) is 24.0 Å². The maximum atomic E-state index is 12.4. The first-order valence-corrected chi connectivity index (χ1v) is 9.98. The molecule has 24 heavy (non-hydrogen) atoms. The SMILES string of the molecule is Cc1ncc(NC(=O)c2cc(C3CC3NC3CC(N)C3)c(C)s2)s1. The van der Waals surface area contributed by atoms with Crippen molar-refractivity contribution >= 4 is 33.6 Å². The number of rotatable bonds is 5. The largest absolute Gasteiger partial charge is 0.328 e. The normalized spacial score (nSPS) is 28.5. The molecule has 2 heterocycles. The Morgan fingerprint density at radius 3 is 2.75 bits per heavy atom. The van der Waals surface area contributed by atoms with Crippen LogP contribution in [0.1, 0.15) is 50.3 Å². The average Bonchev–Trinajstić information content (AvgIpc) is 2.95. The van der Waals surface area contributed by atoms with Crippen LogP contribution < -0.4 is 16.4 Å². The average molecular weight is 363 g/mol. The predicted octanol–water partition coefficient (Wildman–Crippen LogP) is 3.01. The van der Waals surface area contributed by atoms with Gasteiger partial charge in [0.05, 0.1) is 16.1 Å². The summed E-state index contributed by atoms with van der Waals surface area (Å²) in [6.07, 6.45) is 5.06. The van der Waals surface area contributed by atoms with Crippen molar-refractivity contribution in [1.29, 1.82) is 0 Å². The minimum atomic E-state index is -0.0341. The van der Waals surface area contributed by atoms with Crippen LogP contribution in [0.15, 0.2) is 12.3 Å². The molecule has 2 unspecified atom stereocenters. The molecule has 2 aliphatic rings. The fraction of sp³-hybridized carbons (Fsp3) is 0.529. The van der Waals surface area contributed by atoms with Gasteiger partial charge in [0, 0.05) is 28.9 Å². The van der Waals surface area contributed by atoms with Gasteiger partial charge < -0.3 is 16.4 Å². The molecule has 2 aliphatic carbocycles. The first kappa shape index (κ1) is 16.2. The lowest BCUT2D eigenvalue weighted by atomic mass is 9.87. The van der Waals surface area contributed by atoms with Gasteiger partial charge in [-0.25, -0.2) is 4.98 Å². The van der Waals surface area contributed by atoms with Crippen molar-refractivity contribution in [1.82, 2.24) is 10.3 Å². The molecule has 1 amide bonds. The summed E-state index contributed by atoms with van der Waals surface area (Å²) < 4.78 is 0. The van der Waals surface area contributed by atoms with Crippen molar-refractivity contribution in [3.8, 4) is 0 Å². The van der Waals surface area contributed by atoms with E-state index in [9.17, 15) is 4.79 Å². The van der Waals surface area contributed by atoms with Gasteiger partial charge in [-0.2, -0.15) is 0 Å². The van der Waals surface area contributed by atoms with Gasteiger partial charge in [0.1, 0.15) is 5.00 Å². The van der Waals surface area contributed by atoms with E-state index in [4.69, 9.17) is 5.73 Å². The van der Waals surface area contributed by atoms with Gasteiger partial charge in [-0.15, -0.1) is 22.7 Å². The lowest BCUT2D eigenvalue weighted by molar-refractivity contribution is 0.103. The zero-order valence-electron chi connectivity index (χ0n) is 13.8. The first-order valence-electron chi connectivity index (χ1n) is 8.35. The second kappa shape index (κ2) is 6.22. The minimum Gasteiger partial charge on any atom is -0.328 e. The highest BCUT2D eigenvalue weighted by molar-refractivity contribution is 7.16. The topological polar surface area (TPSA) is 80.0 Å². The van der Waals surface area contributed by atoms with E-state index in [1.165, 1.54) is 28.2 Å². The fourth-order valence-corrected chi connectivity index (χ4v) is 5.05. The molecule has 0 radical (unpaired) electrons. The second-order valence-electron chi connectivity index (χ2n) is 6.86. The van der Waals surface area contributed by atoms with Crippen LogP contribution in [0.2, 0.25) is 0 Å². The van der Waals surface area contributed by atoms with Crippen LogP contribution in [0.25, 0.3) is 0 Å².